The van der Waals surface area contributed by atoms with Crippen molar-refractivity contribution >= 4 is 32.5 Å². The second-order valence-electron chi connectivity index (χ2n) is 8.81. The van der Waals surface area contributed by atoms with Gasteiger partial charge in [-0.2, -0.15) is 8.42 Å². The minimum atomic E-state index is -4.00. The number of rotatable bonds is 4. The topological polar surface area (TPSA) is 123 Å². The monoisotopic (exact) mass is 483 g/mol. The molecule has 1 aliphatic heterocycles. The first-order chi connectivity index (χ1) is 16.2. The maximum absolute atomic E-state index is 12.5. The molecule has 2 heterocycles. The van der Waals surface area contributed by atoms with Gasteiger partial charge in [0.15, 0.2) is 0 Å². The zero-order valence-corrected chi connectivity index (χ0v) is 19.9. The van der Waals surface area contributed by atoms with E-state index in [9.17, 15) is 13.2 Å². The summed E-state index contributed by atoms with van der Waals surface area (Å²) in [5.74, 6) is -0.201. The maximum atomic E-state index is 12.5. The van der Waals surface area contributed by atoms with E-state index in [1.165, 1.54) is 34.2 Å². The highest BCUT2D eigenvalue weighted by Gasteiger charge is 2.35. The number of nitrogens with one attached hydrogen (secondary N) is 2. The van der Waals surface area contributed by atoms with Crippen molar-refractivity contribution in [3.05, 3.63) is 71.9 Å². The largest absolute Gasteiger partial charge is 0.394 e. The summed E-state index contributed by atoms with van der Waals surface area (Å²) in [5.41, 5.74) is 4.99. The third-order valence-corrected chi connectivity index (χ3v) is 7.18. The smallest absolute Gasteiger partial charge is 0.294 e. The number of aliphatic hydroxyl groups excluding tert-OH is 1. The lowest BCUT2D eigenvalue weighted by Crippen LogP contribution is -2.48. The molecule has 3 atom stereocenters. The number of fused-ring (bicyclic) bond motifs is 2. The Morgan fingerprint density at radius 2 is 1.94 bits per heavy atom. The summed E-state index contributed by atoms with van der Waals surface area (Å²) in [7, 11) is -1.91. The first kappa shape index (κ1) is 24.2. The van der Waals surface area contributed by atoms with Crippen molar-refractivity contribution in [2.24, 2.45) is 5.92 Å². The fourth-order valence-corrected chi connectivity index (χ4v) is 5.10. The van der Waals surface area contributed by atoms with E-state index in [-0.39, 0.29) is 29.4 Å². The predicted octanol–water partition coefficient (Wildman–Crippen LogP) is 2.47. The van der Waals surface area contributed by atoms with Crippen molar-refractivity contribution in [2.45, 2.75) is 30.3 Å². The third-order valence-electron chi connectivity index (χ3n) is 6.31. The van der Waals surface area contributed by atoms with E-state index in [1.54, 1.807) is 18.2 Å². The van der Waals surface area contributed by atoms with Gasteiger partial charge >= 0.3 is 0 Å². The third kappa shape index (κ3) is 4.92. The predicted molar refractivity (Wildman–Crippen MR) is 131 cm³/mol. The summed E-state index contributed by atoms with van der Waals surface area (Å²) >= 11 is 0. The van der Waals surface area contributed by atoms with Crippen molar-refractivity contribution in [1.82, 2.24) is 15.2 Å². The number of hydrogen-bond donors (Lipinski definition) is 4. The normalized spacial score (nSPS) is 20.5. The molecule has 180 valence electrons. The lowest BCUT2D eigenvalue weighted by molar-refractivity contribution is -0.125. The van der Waals surface area contributed by atoms with Gasteiger partial charge in [-0.15, -0.1) is 0 Å². The molecule has 2 aromatic carbocycles. The van der Waals surface area contributed by atoms with Gasteiger partial charge in [-0.05, 0) is 55.3 Å². The second-order valence-corrected chi connectivity index (χ2v) is 10.2. The van der Waals surface area contributed by atoms with E-state index >= 15 is 0 Å². The fraction of sp³-hybridized carbons (Fsp3) is 0.320. The number of H-pyrrole nitrogens is 1. The molecule has 34 heavy (non-hydrogen) atoms. The Labute approximate surface area is 199 Å². The second kappa shape index (κ2) is 9.71. The van der Waals surface area contributed by atoms with Crippen LogP contribution >= 0.6 is 0 Å². The van der Waals surface area contributed by atoms with E-state index < -0.39 is 10.1 Å². The Morgan fingerprint density at radius 1 is 1.21 bits per heavy atom. The van der Waals surface area contributed by atoms with Gasteiger partial charge in [-0.25, -0.2) is 0 Å². The number of aromatic amines is 1. The summed E-state index contributed by atoms with van der Waals surface area (Å²) < 4.78 is 29.2. The Hall–Kier alpha value is -2.98. The van der Waals surface area contributed by atoms with Crippen LogP contribution < -0.4 is 5.32 Å². The van der Waals surface area contributed by atoms with E-state index in [0.717, 1.165) is 11.9 Å². The van der Waals surface area contributed by atoms with Crippen molar-refractivity contribution < 1.29 is 22.9 Å². The molecule has 0 unspecified atom stereocenters. The van der Waals surface area contributed by atoms with E-state index in [2.05, 4.69) is 52.7 Å². The van der Waals surface area contributed by atoms with Crippen molar-refractivity contribution in [2.75, 3.05) is 20.2 Å². The molecule has 5 rings (SSSR count). The van der Waals surface area contributed by atoms with Gasteiger partial charge in [-0.1, -0.05) is 36.4 Å². The van der Waals surface area contributed by atoms with Crippen LogP contribution in [0.25, 0.3) is 16.5 Å². The number of likely N-dealkylation sites (N-methyl/N-ethyl adjacent to an activating group) is 1. The van der Waals surface area contributed by atoms with E-state index in [4.69, 9.17) is 9.66 Å². The van der Waals surface area contributed by atoms with Crippen molar-refractivity contribution in [3.63, 3.8) is 0 Å². The molecule has 1 amide bonds. The number of amides is 1. The quantitative estimate of drug-likeness (QED) is 0.423. The maximum Gasteiger partial charge on any atom is 0.294 e. The van der Waals surface area contributed by atoms with Crippen molar-refractivity contribution in [1.29, 1.82) is 0 Å². The molecule has 8 nitrogen and oxygen atoms in total. The highest BCUT2D eigenvalue weighted by molar-refractivity contribution is 7.85. The average molecular weight is 484 g/mol. The zero-order chi connectivity index (χ0) is 24.5. The molecule has 1 aliphatic carbocycles. The summed E-state index contributed by atoms with van der Waals surface area (Å²) in [4.78, 5) is 18.1. The highest BCUT2D eigenvalue weighted by Crippen LogP contribution is 2.40. The summed E-state index contributed by atoms with van der Waals surface area (Å²) in [6.07, 6.45) is 5.22. The Morgan fingerprint density at radius 3 is 2.59 bits per heavy atom. The Kier molecular flexibility index (Phi) is 6.90. The first-order valence-electron chi connectivity index (χ1n) is 11.1. The number of hydrogen-bond acceptors (Lipinski definition) is 5. The number of benzene rings is 2. The van der Waals surface area contributed by atoms with Gasteiger partial charge in [0.25, 0.3) is 10.1 Å². The molecular formula is C25H29N3O5S. The van der Waals surface area contributed by atoms with Gasteiger partial charge in [-0.3, -0.25) is 14.2 Å². The summed E-state index contributed by atoms with van der Waals surface area (Å²) in [5, 5.41) is 13.3. The highest BCUT2D eigenvalue weighted by atomic mass is 32.2. The fourth-order valence-electron chi connectivity index (χ4n) is 4.60. The minimum absolute atomic E-state index is 0.0126. The standard InChI is InChI=1S/C19H23N3O2.C6H6O3S/c1-11(10-23)21-19(24)13-6-15-14-4-3-5-16-18(14)12(8-20-16)7-17(15)22(2)9-13;7-10(8,9)6-4-2-1-3-5-6/h3-6,8,11,13,17,20,23H,7,9-10H2,1-2H3,(H,21,24);1-5H,(H,7,8,9)/t11-,13+,17+;/m0./s1. The Bertz CT molecular complexity index is 1320. The molecule has 0 radical (unpaired) electrons. The number of carbonyl (C=O) groups excluding carboxylic acids is 1. The van der Waals surface area contributed by atoms with Gasteiger partial charge < -0.3 is 15.4 Å². The van der Waals surface area contributed by atoms with E-state index in [1.807, 2.05) is 6.92 Å². The molecule has 4 N–H and O–H groups in total. The molecule has 0 bridgehead atoms. The van der Waals surface area contributed by atoms with Gasteiger partial charge in [0.05, 0.1) is 17.4 Å². The molecular weight excluding hydrogens is 454 g/mol. The van der Waals surface area contributed by atoms with E-state index in [0.29, 0.717) is 12.6 Å². The molecule has 1 aromatic heterocycles. The summed E-state index contributed by atoms with van der Waals surface area (Å²) in [6.45, 7) is 2.47. The molecule has 0 saturated carbocycles. The van der Waals surface area contributed by atoms with Crippen LogP contribution in [0.3, 0.4) is 0 Å². The van der Waals surface area contributed by atoms with Crippen LogP contribution in [0.15, 0.2) is 65.7 Å². The average Bonchev–Trinajstić information content (AvgIpc) is 3.24. The van der Waals surface area contributed by atoms with Crippen LogP contribution in [0.4, 0.5) is 0 Å². The number of carbonyl (C=O) groups is 1. The SMILES string of the molecule is C[C@@H](CO)NC(=O)[C@@H]1C=C2c3cccc4[nH]cc(c34)C[C@H]2N(C)C1.O=S(=O)(O)c1ccccc1. The first-order valence-corrected chi connectivity index (χ1v) is 12.6. The number of nitrogens with zero attached hydrogens (tertiary/aromatic N) is 1. The number of aliphatic hydroxyl groups is 1. The zero-order valence-electron chi connectivity index (χ0n) is 19.1. The summed E-state index contributed by atoms with van der Waals surface area (Å²) in [6, 6.07) is 13.8. The van der Waals surface area contributed by atoms with Crippen molar-refractivity contribution in [3.8, 4) is 0 Å². The number of aromatic nitrogens is 1. The van der Waals surface area contributed by atoms with Gasteiger partial charge in [0.1, 0.15) is 0 Å². The van der Waals surface area contributed by atoms with Gasteiger partial charge in [0, 0.05) is 35.7 Å². The van der Waals surface area contributed by atoms with Crippen LogP contribution in [0.2, 0.25) is 0 Å². The Balaban J connectivity index is 0.000000231. The van der Waals surface area contributed by atoms with Crippen LogP contribution in [0.5, 0.6) is 0 Å². The minimum Gasteiger partial charge on any atom is -0.394 e. The lowest BCUT2D eigenvalue weighted by Gasteiger charge is -2.39. The molecule has 3 aromatic rings. The van der Waals surface area contributed by atoms with Crippen LogP contribution in [-0.2, 0) is 21.3 Å². The van der Waals surface area contributed by atoms with Gasteiger partial charge in [0.2, 0.25) is 5.91 Å². The molecule has 0 saturated heterocycles. The van der Waals surface area contributed by atoms with Crippen LogP contribution in [-0.4, -0.2) is 66.2 Å². The van der Waals surface area contributed by atoms with Crippen LogP contribution in [0.1, 0.15) is 18.1 Å². The lowest BCUT2D eigenvalue weighted by atomic mass is 9.80. The molecule has 9 heteroatoms. The molecule has 0 fully saturated rings. The van der Waals surface area contributed by atoms with Crippen LogP contribution in [0, 0.1) is 5.92 Å². The molecule has 0 spiro atoms. The molecule has 2 aliphatic rings.